The summed E-state index contributed by atoms with van der Waals surface area (Å²) in [6.45, 7) is 0. The van der Waals surface area contributed by atoms with Crippen LogP contribution in [0, 0.1) is 0 Å². The molecule has 60 heavy (non-hydrogen) atoms. The van der Waals surface area contributed by atoms with E-state index in [0.29, 0.717) is 0 Å². The molecule has 0 bridgehead atoms. The standard InChI is InChI=1S/C55H35N5/c1-2-14-37(15-3-1)60-50-25-13-8-20-45(50)56-55(60)36-26-28-38(29-27-36)58-48-23-11-6-18-43(48)53-51(58)34-35-52-54(53)44-19-7-12-24-49(44)59(52)40-32-30-39(31-33-40)57-46-21-9-4-16-41(46)42-17-5-10-22-47(42)57/h1-35H. The van der Waals surface area contributed by atoms with Gasteiger partial charge in [0.2, 0.25) is 0 Å². The first-order valence-electron chi connectivity index (χ1n) is 20.5. The van der Waals surface area contributed by atoms with Crippen LogP contribution >= 0.6 is 0 Å². The van der Waals surface area contributed by atoms with Gasteiger partial charge in [0.05, 0.1) is 44.1 Å². The molecule has 0 aliphatic heterocycles. The molecule has 4 aromatic heterocycles. The Kier molecular flexibility index (Phi) is 6.95. The van der Waals surface area contributed by atoms with Gasteiger partial charge in [0.25, 0.3) is 0 Å². The molecule has 0 saturated carbocycles. The number of fused-ring (bicyclic) bond motifs is 11. The molecule has 0 N–H and O–H groups in total. The molecule has 0 saturated heterocycles. The molecule has 4 heterocycles. The van der Waals surface area contributed by atoms with E-state index >= 15 is 0 Å². The molecule has 5 nitrogen and oxygen atoms in total. The number of aromatic nitrogens is 5. The summed E-state index contributed by atoms with van der Waals surface area (Å²) in [5.41, 5.74) is 14.8. The number of benzene rings is 9. The van der Waals surface area contributed by atoms with E-state index in [9.17, 15) is 0 Å². The van der Waals surface area contributed by atoms with Crippen LogP contribution in [0.3, 0.4) is 0 Å². The number of rotatable bonds is 5. The molecule has 0 spiro atoms. The van der Waals surface area contributed by atoms with Crippen molar-refractivity contribution in [2.75, 3.05) is 0 Å². The van der Waals surface area contributed by atoms with Gasteiger partial charge in [-0.25, -0.2) is 4.98 Å². The van der Waals surface area contributed by atoms with Gasteiger partial charge < -0.3 is 13.7 Å². The van der Waals surface area contributed by atoms with Crippen LogP contribution in [0.1, 0.15) is 0 Å². The fourth-order valence-electron chi connectivity index (χ4n) is 9.84. The van der Waals surface area contributed by atoms with Crippen LogP contribution in [0.5, 0.6) is 0 Å². The summed E-state index contributed by atoms with van der Waals surface area (Å²) < 4.78 is 9.49. The van der Waals surface area contributed by atoms with E-state index < -0.39 is 0 Å². The monoisotopic (exact) mass is 765 g/mol. The highest BCUT2D eigenvalue weighted by atomic mass is 15.1. The quantitative estimate of drug-likeness (QED) is 0.172. The first-order chi connectivity index (χ1) is 29.8. The molecule has 0 aliphatic carbocycles. The van der Waals surface area contributed by atoms with Crippen LogP contribution in [0.15, 0.2) is 212 Å². The largest absolute Gasteiger partial charge is 0.309 e. The summed E-state index contributed by atoms with van der Waals surface area (Å²) in [7, 11) is 0. The van der Waals surface area contributed by atoms with Crippen molar-refractivity contribution in [1.29, 1.82) is 0 Å². The van der Waals surface area contributed by atoms with Crippen molar-refractivity contribution in [2.45, 2.75) is 0 Å². The van der Waals surface area contributed by atoms with Crippen LogP contribution in [0.2, 0.25) is 0 Å². The molecule has 13 aromatic rings. The molecular formula is C55H35N5. The van der Waals surface area contributed by atoms with E-state index in [1.54, 1.807) is 0 Å². The van der Waals surface area contributed by atoms with Gasteiger partial charge in [-0.15, -0.1) is 0 Å². The number of hydrogen-bond donors (Lipinski definition) is 0. The highest BCUT2D eigenvalue weighted by Gasteiger charge is 2.21. The predicted octanol–water partition coefficient (Wildman–Crippen LogP) is 14.0. The van der Waals surface area contributed by atoms with Crippen LogP contribution in [-0.4, -0.2) is 23.3 Å². The topological polar surface area (TPSA) is 32.6 Å². The molecule has 0 aliphatic rings. The van der Waals surface area contributed by atoms with E-state index in [4.69, 9.17) is 4.98 Å². The Balaban J connectivity index is 0.977. The second kappa shape index (κ2) is 12.7. The Morgan fingerprint density at radius 3 is 1.13 bits per heavy atom. The predicted molar refractivity (Wildman–Crippen MR) is 250 cm³/mol. The van der Waals surface area contributed by atoms with E-state index in [2.05, 4.69) is 231 Å². The van der Waals surface area contributed by atoms with Crippen LogP contribution in [0.25, 0.3) is 111 Å². The van der Waals surface area contributed by atoms with Gasteiger partial charge in [-0.1, -0.05) is 103 Å². The molecule has 5 heteroatoms. The summed E-state index contributed by atoms with van der Waals surface area (Å²) in [4.78, 5) is 5.14. The Labute approximate surface area is 344 Å². The normalized spacial score (nSPS) is 12.0. The number of para-hydroxylation sites is 7. The molecule has 0 amide bonds. The van der Waals surface area contributed by atoms with Gasteiger partial charge in [-0.3, -0.25) is 4.57 Å². The van der Waals surface area contributed by atoms with E-state index in [1.165, 1.54) is 65.4 Å². The third-order valence-corrected chi connectivity index (χ3v) is 12.4. The number of hydrogen-bond acceptors (Lipinski definition) is 1. The minimum atomic E-state index is 0.925. The van der Waals surface area contributed by atoms with Gasteiger partial charge in [-0.05, 0) is 109 Å². The molecule has 0 atom stereocenters. The maximum absolute atomic E-state index is 5.14. The summed E-state index contributed by atoms with van der Waals surface area (Å²) in [6, 6.07) is 76.5. The lowest BCUT2D eigenvalue weighted by Crippen LogP contribution is -1.98. The molecule has 280 valence electrons. The van der Waals surface area contributed by atoms with Crippen molar-refractivity contribution in [3.05, 3.63) is 212 Å². The SMILES string of the molecule is c1ccc(-n2c(-c3ccc(-n4c5ccccc5c5c6c7ccccc7n(-c7ccc(-n8c9ccccc9c9ccccc98)cc7)c6ccc54)cc3)nc3ccccc32)cc1. The maximum atomic E-state index is 5.14. The average Bonchev–Trinajstić information content (AvgIpc) is 4.06. The van der Waals surface area contributed by atoms with Crippen molar-refractivity contribution >= 4 is 76.5 Å². The lowest BCUT2D eigenvalue weighted by atomic mass is 10.1. The van der Waals surface area contributed by atoms with E-state index in [1.807, 2.05) is 0 Å². The van der Waals surface area contributed by atoms with Crippen molar-refractivity contribution in [2.24, 2.45) is 0 Å². The van der Waals surface area contributed by atoms with Crippen LogP contribution in [0.4, 0.5) is 0 Å². The zero-order chi connectivity index (χ0) is 39.3. The second-order valence-electron chi connectivity index (χ2n) is 15.6. The first kappa shape index (κ1) is 32.9. The van der Waals surface area contributed by atoms with E-state index in [-0.39, 0.29) is 0 Å². The van der Waals surface area contributed by atoms with Gasteiger partial charge in [0.15, 0.2) is 0 Å². The smallest absolute Gasteiger partial charge is 0.145 e. The summed E-state index contributed by atoms with van der Waals surface area (Å²) in [5.74, 6) is 0.925. The molecule has 0 radical (unpaired) electrons. The Morgan fingerprint density at radius 2 is 0.617 bits per heavy atom. The lowest BCUT2D eigenvalue weighted by Gasteiger charge is -2.12. The zero-order valence-corrected chi connectivity index (χ0v) is 32.4. The van der Waals surface area contributed by atoms with Gasteiger partial charge in [0.1, 0.15) is 5.82 Å². The minimum Gasteiger partial charge on any atom is -0.309 e. The van der Waals surface area contributed by atoms with E-state index in [0.717, 1.165) is 45.2 Å². The fourth-order valence-corrected chi connectivity index (χ4v) is 9.84. The molecule has 13 rings (SSSR count). The minimum absolute atomic E-state index is 0.925. The molecule has 0 unspecified atom stereocenters. The van der Waals surface area contributed by atoms with Crippen molar-refractivity contribution in [1.82, 2.24) is 23.3 Å². The Bertz CT molecular complexity index is 3750. The van der Waals surface area contributed by atoms with Crippen LogP contribution in [-0.2, 0) is 0 Å². The fraction of sp³-hybridized carbons (Fsp3) is 0. The lowest BCUT2D eigenvalue weighted by molar-refractivity contribution is 1.10. The number of nitrogens with zero attached hydrogens (tertiary/aromatic N) is 5. The van der Waals surface area contributed by atoms with Crippen LogP contribution < -0.4 is 0 Å². The summed E-state index contributed by atoms with van der Waals surface area (Å²) in [6.07, 6.45) is 0. The number of imidazole rings is 1. The van der Waals surface area contributed by atoms with Gasteiger partial charge in [0, 0.05) is 60.6 Å². The summed E-state index contributed by atoms with van der Waals surface area (Å²) >= 11 is 0. The Hall–Kier alpha value is -8.15. The van der Waals surface area contributed by atoms with Gasteiger partial charge in [-0.2, -0.15) is 0 Å². The van der Waals surface area contributed by atoms with Crippen molar-refractivity contribution in [3.8, 4) is 34.1 Å². The highest BCUT2D eigenvalue weighted by molar-refractivity contribution is 6.29. The first-order valence-corrected chi connectivity index (χ1v) is 20.5. The van der Waals surface area contributed by atoms with Gasteiger partial charge >= 0.3 is 0 Å². The molecule has 0 fully saturated rings. The molecule has 9 aromatic carbocycles. The van der Waals surface area contributed by atoms with Crippen molar-refractivity contribution < 1.29 is 0 Å². The second-order valence-corrected chi connectivity index (χ2v) is 15.6. The zero-order valence-electron chi connectivity index (χ0n) is 32.4. The third kappa shape index (κ3) is 4.66. The molecular weight excluding hydrogens is 731 g/mol. The highest BCUT2D eigenvalue weighted by Crippen LogP contribution is 2.43. The van der Waals surface area contributed by atoms with Crippen molar-refractivity contribution in [3.63, 3.8) is 0 Å². The Morgan fingerprint density at radius 1 is 0.250 bits per heavy atom. The maximum Gasteiger partial charge on any atom is 0.145 e. The summed E-state index contributed by atoms with van der Waals surface area (Å²) in [5, 5.41) is 7.53. The average molecular weight is 766 g/mol. The third-order valence-electron chi connectivity index (χ3n) is 12.4.